The summed E-state index contributed by atoms with van der Waals surface area (Å²) >= 11 is 0. The third-order valence-corrected chi connectivity index (χ3v) is 4.23. The normalized spacial score (nSPS) is 10.5. The lowest BCUT2D eigenvalue weighted by molar-refractivity contribution is 0.0954. The van der Waals surface area contributed by atoms with E-state index in [9.17, 15) is 9.59 Å². The fraction of sp³-hybridized carbons (Fsp3) is 0.444. The molecule has 2 rings (SSSR count). The van der Waals surface area contributed by atoms with Crippen molar-refractivity contribution in [3.63, 3.8) is 0 Å². The van der Waals surface area contributed by atoms with Gasteiger partial charge in [0.05, 0.1) is 17.9 Å². The number of rotatable bonds is 6. The first kappa shape index (κ1) is 19.4. The molecule has 0 saturated carbocycles. The molecule has 2 heterocycles. The Kier molecular flexibility index (Phi) is 6.32. The fourth-order valence-electron chi connectivity index (χ4n) is 2.62. The van der Waals surface area contributed by atoms with Gasteiger partial charge in [0.2, 0.25) is 0 Å². The van der Waals surface area contributed by atoms with Crippen LogP contribution in [0.4, 0.5) is 4.79 Å². The van der Waals surface area contributed by atoms with E-state index in [1.54, 1.807) is 32.4 Å². The number of amides is 3. The lowest BCUT2D eigenvalue weighted by Crippen LogP contribution is -2.34. The first-order chi connectivity index (χ1) is 12.3. The van der Waals surface area contributed by atoms with E-state index >= 15 is 0 Å². The maximum atomic E-state index is 12.4. The van der Waals surface area contributed by atoms with E-state index in [0.717, 1.165) is 23.4 Å². The molecule has 0 saturated heterocycles. The molecule has 2 N–H and O–H groups in total. The summed E-state index contributed by atoms with van der Waals surface area (Å²) in [6.45, 7) is 4.79. The van der Waals surface area contributed by atoms with Gasteiger partial charge in [-0.25, -0.2) is 4.79 Å². The Hall–Kier alpha value is -2.90. The first-order valence-electron chi connectivity index (χ1n) is 8.47. The van der Waals surface area contributed by atoms with E-state index in [0.29, 0.717) is 17.8 Å². The third kappa shape index (κ3) is 4.81. The summed E-state index contributed by atoms with van der Waals surface area (Å²) < 4.78 is 1.85. The van der Waals surface area contributed by atoms with Crippen molar-refractivity contribution in [3.8, 4) is 0 Å². The Morgan fingerprint density at radius 3 is 2.58 bits per heavy atom. The zero-order valence-corrected chi connectivity index (χ0v) is 16.0. The van der Waals surface area contributed by atoms with Gasteiger partial charge in [0, 0.05) is 45.1 Å². The lowest BCUT2D eigenvalue weighted by Gasteiger charge is -2.12. The van der Waals surface area contributed by atoms with Gasteiger partial charge < -0.3 is 15.5 Å². The predicted octanol–water partition coefficient (Wildman–Crippen LogP) is 1.18. The summed E-state index contributed by atoms with van der Waals surface area (Å²) in [5.41, 5.74) is 4.41. The minimum Gasteiger partial charge on any atom is -0.352 e. The molecule has 26 heavy (non-hydrogen) atoms. The second-order valence-electron chi connectivity index (χ2n) is 6.37. The molecule has 8 nitrogen and oxygen atoms in total. The molecule has 3 amide bonds. The number of hydrogen-bond donors (Lipinski definition) is 2. The Labute approximate surface area is 153 Å². The number of carbonyl (C=O) groups excluding carboxylic acids is 2. The highest BCUT2D eigenvalue weighted by atomic mass is 16.2. The molecule has 8 heteroatoms. The van der Waals surface area contributed by atoms with E-state index in [-0.39, 0.29) is 18.5 Å². The molecule has 2 aromatic rings. The van der Waals surface area contributed by atoms with Crippen LogP contribution < -0.4 is 10.6 Å². The van der Waals surface area contributed by atoms with Crippen LogP contribution in [0.15, 0.2) is 18.3 Å². The van der Waals surface area contributed by atoms with Gasteiger partial charge >= 0.3 is 6.03 Å². The summed E-state index contributed by atoms with van der Waals surface area (Å²) in [5.74, 6) is -0.160. The Morgan fingerprint density at radius 1 is 1.23 bits per heavy atom. The number of pyridine rings is 1. The maximum Gasteiger partial charge on any atom is 0.317 e. The molecule has 0 aromatic carbocycles. The van der Waals surface area contributed by atoms with Crippen LogP contribution in [-0.2, 0) is 20.0 Å². The molecule has 0 fully saturated rings. The van der Waals surface area contributed by atoms with Gasteiger partial charge in [-0.2, -0.15) is 5.10 Å². The molecule has 0 aliphatic carbocycles. The minimum atomic E-state index is -0.205. The van der Waals surface area contributed by atoms with Crippen molar-refractivity contribution in [2.24, 2.45) is 7.05 Å². The van der Waals surface area contributed by atoms with Crippen LogP contribution >= 0.6 is 0 Å². The summed E-state index contributed by atoms with van der Waals surface area (Å²) in [6, 6.07) is 3.14. The molecular weight excluding hydrogens is 332 g/mol. The van der Waals surface area contributed by atoms with E-state index < -0.39 is 0 Å². The average molecular weight is 358 g/mol. The fourth-order valence-corrected chi connectivity index (χ4v) is 2.62. The summed E-state index contributed by atoms with van der Waals surface area (Å²) in [6.07, 6.45) is 2.30. The highest BCUT2D eigenvalue weighted by Gasteiger charge is 2.11. The zero-order valence-electron chi connectivity index (χ0n) is 16.0. The second-order valence-corrected chi connectivity index (χ2v) is 6.37. The average Bonchev–Trinajstić information content (AvgIpc) is 2.85. The summed E-state index contributed by atoms with van der Waals surface area (Å²) in [7, 11) is 5.24. The quantitative estimate of drug-likeness (QED) is 0.811. The van der Waals surface area contributed by atoms with Gasteiger partial charge in [-0.3, -0.25) is 14.5 Å². The van der Waals surface area contributed by atoms with E-state index in [2.05, 4.69) is 20.7 Å². The molecule has 0 atom stereocenters. The molecule has 2 aromatic heterocycles. The van der Waals surface area contributed by atoms with Gasteiger partial charge in [-0.15, -0.1) is 0 Å². The second kappa shape index (κ2) is 8.46. The third-order valence-electron chi connectivity index (χ3n) is 4.23. The highest BCUT2D eigenvalue weighted by molar-refractivity contribution is 5.94. The molecule has 0 bridgehead atoms. The van der Waals surface area contributed by atoms with Crippen molar-refractivity contribution in [1.82, 2.24) is 30.3 Å². The van der Waals surface area contributed by atoms with Gasteiger partial charge in [0.15, 0.2) is 0 Å². The van der Waals surface area contributed by atoms with Crippen molar-refractivity contribution in [3.05, 3.63) is 46.5 Å². The summed E-state index contributed by atoms with van der Waals surface area (Å²) in [4.78, 5) is 29.5. The van der Waals surface area contributed by atoms with Gasteiger partial charge in [-0.1, -0.05) is 0 Å². The monoisotopic (exact) mass is 358 g/mol. The van der Waals surface area contributed by atoms with E-state index in [1.807, 2.05) is 25.6 Å². The van der Waals surface area contributed by atoms with E-state index in [1.165, 1.54) is 4.90 Å². The predicted molar refractivity (Wildman–Crippen MR) is 98.9 cm³/mol. The number of nitrogens with zero attached hydrogens (tertiary/aromatic N) is 4. The van der Waals surface area contributed by atoms with Gasteiger partial charge in [0.25, 0.3) is 5.91 Å². The number of carbonyl (C=O) groups is 2. The minimum absolute atomic E-state index is 0.160. The molecule has 0 spiro atoms. The van der Waals surface area contributed by atoms with Crippen molar-refractivity contribution in [2.75, 3.05) is 20.6 Å². The number of hydrogen-bond acceptors (Lipinski definition) is 4. The van der Waals surface area contributed by atoms with Crippen molar-refractivity contribution < 1.29 is 9.59 Å². The SMILES string of the molecule is Cc1nn(C)c(C)c1CCNC(=O)c1ccnc(CNC(=O)N(C)C)c1. The number of aryl methyl sites for hydroxylation is 2. The Bertz CT molecular complexity index is 797. The number of nitrogens with one attached hydrogen (secondary N) is 2. The van der Waals surface area contributed by atoms with Crippen molar-refractivity contribution in [1.29, 1.82) is 0 Å². The van der Waals surface area contributed by atoms with Crippen LogP contribution in [0.25, 0.3) is 0 Å². The Balaban J connectivity index is 1.91. The van der Waals surface area contributed by atoms with E-state index in [4.69, 9.17) is 0 Å². The first-order valence-corrected chi connectivity index (χ1v) is 8.47. The van der Waals surface area contributed by atoms with Crippen LogP contribution in [-0.4, -0.2) is 52.2 Å². The van der Waals surface area contributed by atoms with Gasteiger partial charge in [-0.05, 0) is 38.0 Å². The van der Waals surface area contributed by atoms with Crippen LogP contribution in [0.5, 0.6) is 0 Å². The lowest BCUT2D eigenvalue weighted by atomic mass is 10.1. The number of urea groups is 1. The zero-order chi connectivity index (χ0) is 19.3. The molecule has 0 aliphatic rings. The van der Waals surface area contributed by atoms with Crippen molar-refractivity contribution in [2.45, 2.75) is 26.8 Å². The molecule has 140 valence electrons. The topological polar surface area (TPSA) is 92.1 Å². The molecular formula is C18H26N6O2. The molecule has 0 aliphatic heterocycles. The Morgan fingerprint density at radius 2 is 1.96 bits per heavy atom. The van der Waals surface area contributed by atoms with Gasteiger partial charge in [0.1, 0.15) is 0 Å². The molecule has 0 unspecified atom stereocenters. The van der Waals surface area contributed by atoms with Crippen LogP contribution in [0.1, 0.15) is 33.0 Å². The largest absolute Gasteiger partial charge is 0.352 e. The van der Waals surface area contributed by atoms with Crippen LogP contribution in [0, 0.1) is 13.8 Å². The smallest absolute Gasteiger partial charge is 0.317 e. The van der Waals surface area contributed by atoms with Crippen LogP contribution in [0.2, 0.25) is 0 Å². The highest BCUT2D eigenvalue weighted by Crippen LogP contribution is 2.12. The summed E-state index contributed by atoms with van der Waals surface area (Å²) in [5, 5.41) is 10.0. The number of aromatic nitrogens is 3. The van der Waals surface area contributed by atoms with Crippen LogP contribution in [0.3, 0.4) is 0 Å². The molecule has 0 radical (unpaired) electrons. The maximum absolute atomic E-state index is 12.4. The standard InChI is InChI=1S/C18H26N6O2/c1-12-16(13(2)24(5)22-12)7-9-20-17(25)14-6-8-19-15(10-14)11-21-18(26)23(3)4/h6,8,10H,7,9,11H2,1-5H3,(H,20,25)(H,21,26). The van der Waals surface area contributed by atoms with Crippen molar-refractivity contribution >= 4 is 11.9 Å².